The van der Waals surface area contributed by atoms with Gasteiger partial charge in [-0.15, -0.1) is 0 Å². The molecule has 27 heavy (non-hydrogen) atoms. The lowest BCUT2D eigenvalue weighted by molar-refractivity contribution is 0.0952. The van der Waals surface area contributed by atoms with Gasteiger partial charge in [-0.25, -0.2) is 18.1 Å². The fourth-order valence-corrected chi connectivity index (χ4v) is 4.21. The van der Waals surface area contributed by atoms with E-state index in [0.717, 1.165) is 31.6 Å². The molecule has 1 fully saturated rings. The summed E-state index contributed by atoms with van der Waals surface area (Å²) in [7, 11) is -2.31. The average Bonchev–Trinajstić information content (AvgIpc) is 3.36. The number of sulfonamides is 1. The highest BCUT2D eigenvalue weighted by Gasteiger charge is 2.30. The number of imidazole rings is 1. The Morgan fingerprint density at radius 2 is 2.15 bits per heavy atom. The number of carbonyl (C=O) groups is 1. The van der Waals surface area contributed by atoms with E-state index in [2.05, 4.69) is 15.0 Å². The van der Waals surface area contributed by atoms with Gasteiger partial charge in [0.2, 0.25) is 10.0 Å². The van der Waals surface area contributed by atoms with E-state index < -0.39 is 10.0 Å². The summed E-state index contributed by atoms with van der Waals surface area (Å²) < 4.78 is 34.8. The molecule has 0 radical (unpaired) electrons. The van der Waals surface area contributed by atoms with Gasteiger partial charge in [-0.05, 0) is 44.4 Å². The number of amides is 1. The highest BCUT2D eigenvalue weighted by atomic mass is 32.2. The quantitative estimate of drug-likeness (QED) is 0.629. The molecule has 8 nitrogen and oxygen atoms in total. The first kappa shape index (κ1) is 19.4. The molecule has 2 aromatic rings. The fourth-order valence-electron chi connectivity index (χ4n) is 2.71. The summed E-state index contributed by atoms with van der Waals surface area (Å²) in [4.78, 5) is 16.5. The molecule has 146 valence electrons. The van der Waals surface area contributed by atoms with Crippen molar-refractivity contribution in [1.29, 1.82) is 0 Å². The van der Waals surface area contributed by atoms with E-state index in [1.54, 1.807) is 12.3 Å². The van der Waals surface area contributed by atoms with Crippen LogP contribution in [0.2, 0.25) is 0 Å². The first-order valence-electron chi connectivity index (χ1n) is 8.87. The molecule has 0 unspecified atom stereocenters. The van der Waals surface area contributed by atoms with Crippen LogP contribution >= 0.6 is 0 Å². The number of benzene rings is 1. The number of rotatable bonds is 9. The van der Waals surface area contributed by atoms with Crippen molar-refractivity contribution >= 4 is 15.9 Å². The minimum atomic E-state index is -3.72. The van der Waals surface area contributed by atoms with Crippen LogP contribution in [0, 0.1) is 6.92 Å². The molecule has 0 saturated heterocycles. The summed E-state index contributed by atoms with van der Waals surface area (Å²) in [6.45, 7) is 3.15. The van der Waals surface area contributed by atoms with Crippen molar-refractivity contribution in [2.75, 3.05) is 13.7 Å². The molecular weight excluding hydrogens is 368 g/mol. The molecule has 9 heteroatoms. The van der Waals surface area contributed by atoms with Crippen LogP contribution < -0.4 is 14.8 Å². The number of methoxy groups -OCH3 is 1. The number of ether oxygens (including phenoxy) is 1. The van der Waals surface area contributed by atoms with E-state index in [1.807, 2.05) is 17.7 Å². The SMILES string of the molecule is COc1ccc(C(=O)NCCCn2ccnc2C)cc1S(=O)(=O)NC1CC1. The Balaban J connectivity index is 1.64. The van der Waals surface area contributed by atoms with E-state index >= 15 is 0 Å². The van der Waals surface area contributed by atoms with E-state index in [1.165, 1.54) is 19.2 Å². The Labute approximate surface area is 159 Å². The zero-order valence-electron chi connectivity index (χ0n) is 15.4. The summed E-state index contributed by atoms with van der Waals surface area (Å²) in [6, 6.07) is 4.40. The second-order valence-corrected chi connectivity index (χ2v) is 8.22. The van der Waals surface area contributed by atoms with E-state index in [0.29, 0.717) is 6.54 Å². The van der Waals surface area contributed by atoms with Gasteiger partial charge < -0.3 is 14.6 Å². The molecule has 1 aliphatic carbocycles. The van der Waals surface area contributed by atoms with Gasteiger partial charge in [0, 0.05) is 37.1 Å². The highest BCUT2D eigenvalue weighted by Crippen LogP contribution is 2.28. The minimum Gasteiger partial charge on any atom is -0.495 e. The number of hydrogen-bond acceptors (Lipinski definition) is 5. The molecule has 0 atom stereocenters. The lowest BCUT2D eigenvalue weighted by atomic mass is 10.2. The topological polar surface area (TPSA) is 102 Å². The van der Waals surface area contributed by atoms with Crippen LogP contribution in [-0.2, 0) is 16.6 Å². The Bertz CT molecular complexity index is 919. The van der Waals surface area contributed by atoms with E-state index in [9.17, 15) is 13.2 Å². The van der Waals surface area contributed by atoms with Crippen molar-refractivity contribution in [2.24, 2.45) is 0 Å². The van der Waals surface area contributed by atoms with Crippen LogP contribution in [0.15, 0.2) is 35.5 Å². The van der Waals surface area contributed by atoms with Gasteiger partial charge in [0.25, 0.3) is 5.91 Å². The van der Waals surface area contributed by atoms with Crippen LogP contribution in [0.25, 0.3) is 0 Å². The maximum absolute atomic E-state index is 12.5. The van der Waals surface area contributed by atoms with Crippen LogP contribution in [0.3, 0.4) is 0 Å². The molecule has 2 N–H and O–H groups in total. The molecule has 1 amide bonds. The molecule has 1 heterocycles. The van der Waals surface area contributed by atoms with Crippen LogP contribution in [0.5, 0.6) is 5.75 Å². The smallest absolute Gasteiger partial charge is 0.251 e. The van der Waals surface area contributed by atoms with Crippen molar-refractivity contribution in [3.05, 3.63) is 42.0 Å². The van der Waals surface area contributed by atoms with Gasteiger partial charge in [0.05, 0.1) is 7.11 Å². The molecule has 1 aromatic heterocycles. The summed E-state index contributed by atoms with van der Waals surface area (Å²) in [5.74, 6) is 0.827. The lowest BCUT2D eigenvalue weighted by Gasteiger charge is -2.12. The standard InChI is InChI=1S/C18H24N4O4S/c1-13-19-9-11-22(13)10-3-8-20-18(23)14-4-7-16(26-2)17(12-14)27(24,25)21-15-5-6-15/h4,7,9,11-12,15,21H,3,5-6,8,10H2,1-2H3,(H,20,23). The number of hydrogen-bond donors (Lipinski definition) is 2. The second-order valence-electron chi connectivity index (χ2n) is 6.54. The number of aryl methyl sites for hydroxylation is 2. The summed E-state index contributed by atoms with van der Waals surface area (Å²) in [6.07, 6.45) is 6.04. The van der Waals surface area contributed by atoms with E-state index in [-0.39, 0.29) is 28.2 Å². The maximum Gasteiger partial charge on any atom is 0.251 e. The second kappa shape index (κ2) is 8.10. The van der Waals surface area contributed by atoms with Crippen LogP contribution in [0.4, 0.5) is 0 Å². The van der Waals surface area contributed by atoms with E-state index in [4.69, 9.17) is 4.74 Å². The monoisotopic (exact) mass is 392 g/mol. The fraction of sp³-hybridized carbons (Fsp3) is 0.444. The molecule has 0 aliphatic heterocycles. The predicted molar refractivity (Wildman–Crippen MR) is 100 cm³/mol. The number of carbonyl (C=O) groups excluding carboxylic acids is 1. The van der Waals surface area contributed by atoms with Gasteiger partial charge in [-0.3, -0.25) is 4.79 Å². The molecule has 0 spiro atoms. The summed E-state index contributed by atoms with van der Waals surface area (Å²) in [5, 5.41) is 2.82. The van der Waals surface area contributed by atoms with Crippen LogP contribution in [0.1, 0.15) is 35.4 Å². The van der Waals surface area contributed by atoms with Crippen molar-refractivity contribution in [2.45, 2.75) is 43.7 Å². The van der Waals surface area contributed by atoms with Crippen molar-refractivity contribution in [3.8, 4) is 5.75 Å². The molecular formula is C18H24N4O4S. The Hall–Kier alpha value is -2.39. The number of nitrogens with zero attached hydrogens (tertiary/aromatic N) is 2. The third kappa shape index (κ3) is 4.86. The third-order valence-electron chi connectivity index (χ3n) is 4.40. The largest absolute Gasteiger partial charge is 0.495 e. The Kier molecular flexibility index (Phi) is 5.81. The zero-order valence-corrected chi connectivity index (χ0v) is 16.3. The molecule has 0 bridgehead atoms. The summed E-state index contributed by atoms with van der Waals surface area (Å²) in [5.41, 5.74) is 0.283. The summed E-state index contributed by atoms with van der Waals surface area (Å²) >= 11 is 0. The van der Waals surface area contributed by atoms with Gasteiger partial charge in [0.1, 0.15) is 16.5 Å². The van der Waals surface area contributed by atoms with Gasteiger partial charge in [-0.1, -0.05) is 0 Å². The third-order valence-corrected chi connectivity index (χ3v) is 5.94. The Morgan fingerprint density at radius 3 is 2.78 bits per heavy atom. The maximum atomic E-state index is 12.5. The van der Waals surface area contributed by atoms with Crippen molar-refractivity contribution in [1.82, 2.24) is 19.6 Å². The number of aromatic nitrogens is 2. The first-order chi connectivity index (χ1) is 12.9. The van der Waals surface area contributed by atoms with Crippen molar-refractivity contribution in [3.63, 3.8) is 0 Å². The lowest BCUT2D eigenvalue weighted by Crippen LogP contribution is -2.28. The molecule has 1 saturated carbocycles. The van der Waals surface area contributed by atoms with Gasteiger partial charge in [0.15, 0.2) is 0 Å². The highest BCUT2D eigenvalue weighted by molar-refractivity contribution is 7.89. The Morgan fingerprint density at radius 1 is 1.37 bits per heavy atom. The van der Waals surface area contributed by atoms with Crippen molar-refractivity contribution < 1.29 is 17.9 Å². The van der Waals surface area contributed by atoms with Gasteiger partial charge >= 0.3 is 0 Å². The zero-order chi connectivity index (χ0) is 19.4. The van der Waals surface area contributed by atoms with Crippen LogP contribution in [-0.4, -0.2) is 43.6 Å². The average molecular weight is 392 g/mol. The number of nitrogens with one attached hydrogen (secondary N) is 2. The van der Waals surface area contributed by atoms with Gasteiger partial charge in [-0.2, -0.15) is 0 Å². The molecule has 1 aliphatic rings. The molecule has 1 aromatic carbocycles. The minimum absolute atomic E-state index is 0.0152. The predicted octanol–water partition coefficient (Wildman–Crippen LogP) is 1.46. The molecule has 3 rings (SSSR count). The normalized spacial score (nSPS) is 14.1. The first-order valence-corrected chi connectivity index (χ1v) is 10.4.